The minimum Gasteiger partial charge on any atom is -0.357 e. The Morgan fingerprint density at radius 2 is 1.88 bits per heavy atom. The van der Waals surface area contributed by atoms with Crippen LogP contribution >= 0.6 is 24.0 Å². The van der Waals surface area contributed by atoms with Crippen molar-refractivity contribution in [1.82, 2.24) is 20.4 Å². The zero-order valence-corrected chi connectivity index (χ0v) is 17.8. The molecule has 1 heterocycles. The van der Waals surface area contributed by atoms with Gasteiger partial charge in [-0.05, 0) is 31.4 Å². The molecule has 0 saturated heterocycles. The monoisotopic (exact) mass is 457 g/mol. The fourth-order valence-corrected chi connectivity index (χ4v) is 2.40. The highest BCUT2D eigenvalue weighted by Gasteiger charge is 2.07. The molecule has 1 aromatic carbocycles. The van der Waals surface area contributed by atoms with Crippen LogP contribution in [0.25, 0.3) is 0 Å². The van der Waals surface area contributed by atoms with Gasteiger partial charge < -0.3 is 14.7 Å². The molecule has 0 amide bonds. The normalized spacial score (nSPS) is 11.1. The molecular formula is C18H28IN5O. The summed E-state index contributed by atoms with van der Waals surface area (Å²) in [6.07, 6.45) is 1.71. The molecule has 2 rings (SSSR count). The Balaban J connectivity index is 0.00000312. The molecule has 1 aromatic heterocycles. The molecule has 1 N–H and O–H groups in total. The molecule has 0 saturated carbocycles. The van der Waals surface area contributed by atoms with E-state index in [9.17, 15) is 0 Å². The first-order valence-electron chi connectivity index (χ1n) is 8.48. The fraction of sp³-hybridized carbons (Fsp3) is 0.500. The van der Waals surface area contributed by atoms with E-state index in [0.717, 1.165) is 25.5 Å². The number of benzene rings is 1. The molecule has 0 spiro atoms. The van der Waals surface area contributed by atoms with Crippen molar-refractivity contribution in [2.75, 3.05) is 20.1 Å². The molecular weight excluding hydrogens is 429 g/mol. The highest BCUT2D eigenvalue weighted by molar-refractivity contribution is 14.0. The Morgan fingerprint density at radius 1 is 1.20 bits per heavy atom. The van der Waals surface area contributed by atoms with Crippen molar-refractivity contribution in [3.63, 3.8) is 0 Å². The summed E-state index contributed by atoms with van der Waals surface area (Å²) >= 11 is 0. The van der Waals surface area contributed by atoms with Crippen LogP contribution in [0.15, 0.2) is 33.8 Å². The van der Waals surface area contributed by atoms with Gasteiger partial charge in [0, 0.05) is 26.6 Å². The van der Waals surface area contributed by atoms with Crippen LogP contribution in [-0.2, 0) is 19.4 Å². The lowest BCUT2D eigenvalue weighted by Gasteiger charge is -2.22. The second-order valence-corrected chi connectivity index (χ2v) is 5.75. The van der Waals surface area contributed by atoms with Crippen LogP contribution in [0.3, 0.4) is 0 Å². The van der Waals surface area contributed by atoms with Gasteiger partial charge in [0.1, 0.15) is 0 Å². The van der Waals surface area contributed by atoms with Gasteiger partial charge in [-0.25, -0.2) is 0 Å². The predicted molar refractivity (Wildman–Crippen MR) is 111 cm³/mol. The molecule has 0 aliphatic carbocycles. The zero-order chi connectivity index (χ0) is 17.4. The third-order valence-corrected chi connectivity index (χ3v) is 3.70. The molecule has 7 heteroatoms. The molecule has 0 bridgehead atoms. The summed E-state index contributed by atoms with van der Waals surface area (Å²) in [6, 6.07) is 8.73. The quantitative estimate of drug-likeness (QED) is 0.393. The van der Waals surface area contributed by atoms with E-state index in [1.54, 1.807) is 0 Å². The number of hydrogen-bond donors (Lipinski definition) is 1. The van der Waals surface area contributed by atoms with Crippen molar-refractivity contribution in [3.05, 3.63) is 47.1 Å². The molecule has 2 aromatic rings. The van der Waals surface area contributed by atoms with Crippen molar-refractivity contribution >= 4 is 29.9 Å². The summed E-state index contributed by atoms with van der Waals surface area (Å²) in [5.41, 5.74) is 2.63. The number of aliphatic imine (C=N–C) groups is 1. The third kappa shape index (κ3) is 7.01. The fourth-order valence-electron chi connectivity index (χ4n) is 2.40. The lowest BCUT2D eigenvalue weighted by Crippen LogP contribution is -2.38. The molecule has 0 radical (unpaired) electrons. The van der Waals surface area contributed by atoms with Crippen molar-refractivity contribution < 1.29 is 4.52 Å². The minimum absolute atomic E-state index is 0. The molecule has 6 nitrogen and oxygen atoms in total. The SMILES string of the molecule is CCNC(=NCCc1nc(C)no1)N(C)Cc1ccc(CC)cc1.I. The lowest BCUT2D eigenvalue weighted by molar-refractivity contribution is 0.375. The average molecular weight is 457 g/mol. The van der Waals surface area contributed by atoms with E-state index in [2.05, 4.69) is 63.5 Å². The van der Waals surface area contributed by atoms with Gasteiger partial charge in [0.15, 0.2) is 11.8 Å². The van der Waals surface area contributed by atoms with Crippen LogP contribution in [0, 0.1) is 6.92 Å². The van der Waals surface area contributed by atoms with Gasteiger partial charge in [-0.3, -0.25) is 4.99 Å². The van der Waals surface area contributed by atoms with Gasteiger partial charge in [0.25, 0.3) is 0 Å². The number of nitrogens with one attached hydrogen (secondary N) is 1. The second kappa shape index (κ2) is 11.1. The maximum atomic E-state index is 5.12. The Kier molecular flexibility index (Phi) is 9.48. The average Bonchev–Trinajstić information content (AvgIpc) is 3.00. The van der Waals surface area contributed by atoms with Crippen molar-refractivity contribution in [3.8, 4) is 0 Å². The number of rotatable bonds is 7. The molecule has 0 aliphatic rings. The number of guanidine groups is 1. The van der Waals surface area contributed by atoms with Gasteiger partial charge in [-0.1, -0.05) is 36.3 Å². The summed E-state index contributed by atoms with van der Waals surface area (Å²) in [4.78, 5) is 11.0. The van der Waals surface area contributed by atoms with E-state index in [4.69, 9.17) is 4.52 Å². The highest BCUT2D eigenvalue weighted by atomic mass is 127. The van der Waals surface area contributed by atoms with Crippen molar-refractivity contribution in [2.24, 2.45) is 4.99 Å². The van der Waals surface area contributed by atoms with Crippen LogP contribution in [0.4, 0.5) is 0 Å². The summed E-state index contributed by atoms with van der Waals surface area (Å²) in [5.74, 6) is 2.17. The summed E-state index contributed by atoms with van der Waals surface area (Å²) in [6.45, 7) is 8.32. The van der Waals surface area contributed by atoms with Gasteiger partial charge in [-0.2, -0.15) is 4.98 Å². The first-order valence-corrected chi connectivity index (χ1v) is 8.48. The minimum atomic E-state index is 0. The van der Waals surface area contributed by atoms with Gasteiger partial charge in [0.05, 0.1) is 6.54 Å². The van der Waals surface area contributed by atoms with E-state index >= 15 is 0 Å². The van der Waals surface area contributed by atoms with E-state index in [-0.39, 0.29) is 24.0 Å². The predicted octanol–water partition coefficient (Wildman–Crippen LogP) is 3.20. The first-order chi connectivity index (χ1) is 11.6. The van der Waals surface area contributed by atoms with Crippen LogP contribution < -0.4 is 5.32 Å². The smallest absolute Gasteiger partial charge is 0.228 e. The molecule has 0 unspecified atom stereocenters. The van der Waals surface area contributed by atoms with Crippen molar-refractivity contribution in [1.29, 1.82) is 0 Å². The maximum Gasteiger partial charge on any atom is 0.228 e. The zero-order valence-electron chi connectivity index (χ0n) is 15.5. The second-order valence-electron chi connectivity index (χ2n) is 5.75. The summed E-state index contributed by atoms with van der Waals surface area (Å²) in [5, 5.41) is 7.12. The van der Waals surface area contributed by atoms with Crippen LogP contribution in [0.1, 0.15) is 36.7 Å². The van der Waals surface area contributed by atoms with Crippen molar-refractivity contribution in [2.45, 2.75) is 40.2 Å². The van der Waals surface area contributed by atoms with Crippen LogP contribution in [0.5, 0.6) is 0 Å². The Bertz CT molecular complexity index is 654. The molecule has 25 heavy (non-hydrogen) atoms. The van der Waals surface area contributed by atoms with E-state index in [0.29, 0.717) is 24.7 Å². The molecule has 0 atom stereocenters. The van der Waals surface area contributed by atoms with Crippen LogP contribution in [0.2, 0.25) is 0 Å². The first kappa shape index (κ1) is 21.4. The van der Waals surface area contributed by atoms with Gasteiger partial charge in [-0.15, -0.1) is 24.0 Å². The maximum absolute atomic E-state index is 5.12. The summed E-state index contributed by atoms with van der Waals surface area (Å²) < 4.78 is 5.12. The largest absolute Gasteiger partial charge is 0.357 e. The Morgan fingerprint density at radius 3 is 2.44 bits per heavy atom. The van der Waals surface area contributed by atoms with E-state index in [1.807, 2.05) is 14.0 Å². The summed E-state index contributed by atoms with van der Waals surface area (Å²) in [7, 11) is 2.05. The number of nitrogens with zero attached hydrogens (tertiary/aromatic N) is 4. The Hall–Kier alpha value is -1.64. The van der Waals surface area contributed by atoms with E-state index in [1.165, 1.54) is 11.1 Å². The lowest BCUT2D eigenvalue weighted by atomic mass is 10.1. The Labute approximate surface area is 167 Å². The highest BCUT2D eigenvalue weighted by Crippen LogP contribution is 2.07. The molecule has 0 aliphatic heterocycles. The number of aromatic nitrogens is 2. The number of halogens is 1. The number of hydrogen-bond acceptors (Lipinski definition) is 4. The van der Waals surface area contributed by atoms with Gasteiger partial charge in [0.2, 0.25) is 5.89 Å². The topological polar surface area (TPSA) is 66.5 Å². The molecule has 0 fully saturated rings. The van der Waals surface area contributed by atoms with Gasteiger partial charge >= 0.3 is 0 Å². The third-order valence-electron chi connectivity index (χ3n) is 3.70. The number of aryl methyl sites for hydroxylation is 2. The molecule has 138 valence electrons. The standard InChI is InChI=1S/C18H27N5O.HI/c1-5-15-7-9-16(10-8-15)13-23(4)18(19-6-2)20-12-11-17-21-14(3)22-24-17;/h7-10H,5-6,11-13H2,1-4H3,(H,19,20);1H. The van der Waals surface area contributed by atoms with Crippen LogP contribution in [-0.4, -0.2) is 41.1 Å². The van der Waals surface area contributed by atoms with E-state index < -0.39 is 0 Å².